The normalized spacial score (nSPS) is 10.9. The van der Waals surface area contributed by atoms with Crippen LogP contribution < -0.4 is 0 Å². The van der Waals surface area contributed by atoms with Crippen LogP contribution >= 0.6 is 11.6 Å². The highest BCUT2D eigenvalue weighted by Gasteiger charge is 2.18. The van der Waals surface area contributed by atoms with Crippen molar-refractivity contribution in [1.82, 2.24) is 4.98 Å². The van der Waals surface area contributed by atoms with Crippen LogP contribution in [0.2, 0.25) is 5.02 Å². The molecule has 5 heteroatoms. The van der Waals surface area contributed by atoms with Crippen LogP contribution in [0.25, 0.3) is 10.9 Å². The summed E-state index contributed by atoms with van der Waals surface area (Å²) in [7, 11) is 0. The van der Waals surface area contributed by atoms with Crippen molar-refractivity contribution < 1.29 is 13.6 Å². The number of carbonyl (C=O) groups excluding carboxylic acids is 1. The van der Waals surface area contributed by atoms with Gasteiger partial charge in [-0.2, -0.15) is 0 Å². The zero-order valence-electron chi connectivity index (χ0n) is 10.1. The van der Waals surface area contributed by atoms with Crippen molar-refractivity contribution in [1.29, 1.82) is 0 Å². The van der Waals surface area contributed by atoms with Gasteiger partial charge >= 0.3 is 0 Å². The van der Waals surface area contributed by atoms with Crippen molar-refractivity contribution in [3.05, 3.63) is 70.4 Å². The first-order chi connectivity index (χ1) is 9.58. The van der Waals surface area contributed by atoms with Gasteiger partial charge in [-0.25, -0.2) is 8.78 Å². The first-order valence-corrected chi connectivity index (χ1v) is 6.21. The second kappa shape index (κ2) is 4.72. The molecule has 1 heterocycles. The van der Waals surface area contributed by atoms with E-state index in [1.54, 1.807) is 0 Å². The largest absolute Gasteiger partial charge is 0.360 e. The maximum Gasteiger partial charge on any atom is 0.196 e. The lowest BCUT2D eigenvalue weighted by Gasteiger charge is -2.03. The number of benzene rings is 2. The lowest BCUT2D eigenvalue weighted by Crippen LogP contribution is -2.02. The Balaban J connectivity index is 2.16. The molecule has 0 aliphatic heterocycles. The van der Waals surface area contributed by atoms with Crippen LogP contribution in [0.1, 0.15) is 15.9 Å². The summed E-state index contributed by atoms with van der Waals surface area (Å²) in [5.41, 5.74) is 0.908. The minimum Gasteiger partial charge on any atom is -0.360 e. The molecule has 0 spiro atoms. The number of hydrogen-bond donors (Lipinski definition) is 1. The number of H-pyrrole nitrogens is 1. The van der Waals surface area contributed by atoms with Gasteiger partial charge in [-0.05, 0) is 30.3 Å². The molecule has 0 aliphatic rings. The van der Waals surface area contributed by atoms with Crippen LogP contribution in [0, 0.1) is 11.6 Å². The van der Waals surface area contributed by atoms with E-state index in [2.05, 4.69) is 4.98 Å². The molecule has 3 aromatic rings. The number of halogens is 3. The van der Waals surface area contributed by atoms with Crippen molar-refractivity contribution in [3.63, 3.8) is 0 Å². The third kappa shape index (κ3) is 1.98. The molecule has 1 aromatic heterocycles. The van der Waals surface area contributed by atoms with Crippen molar-refractivity contribution in [2.45, 2.75) is 0 Å². The SMILES string of the molecule is O=C(c1cccc(F)c1Cl)c1c[nH]c2cc(F)ccc12. The molecule has 0 amide bonds. The zero-order chi connectivity index (χ0) is 14.3. The van der Waals surface area contributed by atoms with Gasteiger partial charge in [0, 0.05) is 28.2 Å². The Morgan fingerprint density at radius 2 is 1.90 bits per heavy atom. The maximum atomic E-state index is 13.4. The summed E-state index contributed by atoms with van der Waals surface area (Å²) in [6.07, 6.45) is 1.47. The third-order valence-corrected chi connectivity index (χ3v) is 3.47. The van der Waals surface area contributed by atoms with Crippen molar-refractivity contribution >= 4 is 28.3 Å². The standard InChI is InChI=1S/C15H8ClF2NO/c16-14-10(2-1-3-12(14)18)15(20)11-7-19-13-6-8(17)4-5-9(11)13/h1-7,19H. The van der Waals surface area contributed by atoms with Gasteiger partial charge in [0.15, 0.2) is 5.78 Å². The number of ketones is 1. The molecule has 0 saturated heterocycles. The summed E-state index contributed by atoms with van der Waals surface area (Å²) in [5.74, 6) is -1.46. The van der Waals surface area contributed by atoms with Gasteiger partial charge in [-0.1, -0.05) is 17.7 Å². The van der Waals surface area contributed by atoms with E-state index in [1.165, 1.54) is 42.6 Å². The topological polar surface area (TPSA) is 32.9 Å². The van der Waals surface area contributed by atoms with Crippen LogP contribution in [-0.2, 0) is 0 Å². The Labute approximate surface area is 118 Å². The quantitative estimate of drug-likeness (QED) is 0.700. The number of aromatic amines is 1. The number of fused-ring (bicyclic) bond motifs is 1. The van der Waals surface area contributed by atoms with E-state index in [0.717, 1.165) is 0 Å². The van der Waals surface area contributed by atoms with Gasteiger partial charge in [-0.3, -0.25) is 4.79 Å². The van der Waals surface area contributed by atoms with Gasteiger partial charge < -0.3 is 4.98 Å². The molecule has 0 fully saturated rings. The summed E-state index contributed by atoms with van der Waals surface area (Å²) in [5, 5.41) is 0.352. The van der Waals surface area contributed by atoms with E-state index >= 15 is 0 Å². The number of aromatic nitrogens is 1. The molecule has 3 rings (SSSR count). The molecule has 2 nitrogen and oxygen atoms in total. The highest BCUT2D eigenvalue weighted by atomic mass is 35.5. The monoisotopic (exact) mass is 291 g/mol. The molecule has 0 radical (unpaired) electrons. The molecule has 20 heavy (non-hydrogen) atoms. The lowest BCUT2D eigenvalue weighted by atomic mass is 10.0. The molecule has 0 atom stereocenters. The number of carbonyl (C=O) groups is 1. The van der Waals surface area contributed by atoms with E-state index in [1.807, 2.05) is 0 Å². The van der Waals surface area contributed by atoms with E-state index in [0.29, 0.717) is 16.5 Å². The van der Waals surface area contributed by atoms with E-state index in [-0.39, 0.29) is 10.6 Å². The van der Waals surface area contributed by atoms with Crippen LogP contribution in [0.15, 0.2) is 42.6 Å². The summed E-state index contributed by atoms with van der Waals surface area (Å²) < 4.78 is 26.5. The minimum absolute atomic E-state index is 0.0805. The molecule has 0 bridgehead atoms. The smallest absolute Gasteiger partial charge is 0.196 e. The summed E-state index contributed by atoms with van der Waals surface area (Å²) in [6.45, 7) is 0. The van der Waals surface area contributed by atoms with Crippen LogP contribution in [0.4, 0.5) is 8.78 Å². The molecular weight excluding hydrogens is 284 g/mol. The first-order valence-electron chi connectivity index (χ1n) is 5.83. The minimum atomic E-state index is -0.650. The first kappa shape index (κ1) is 12.8. The van der Waals surface area contributed by atoms with E-state index < -0.39 is 17.4 Å². The Morgan fingerprint density at radius 3 is 2.70 bits per heavy atom. The van der Waals surface area contributed by atoms with E-state index in [9.17, 15) is 13.6 Å². The fourth-order valence-electron chi connectivity index (χ4n) is 2.11. The van der Waals surface area contributed by atoms with Crippen molar-refractivity contribution in [3.8, 4) is 0 Å². The van der Waals surface area contributed by atoms with Crippen LogP contribution in [-0.4, -0.2) is 10.8 Å². The molecule has 0 aliphatic carbocycles. The Morgan fingerprint density at radius 1 is 1.10 bits per heavy atom. The summed E-state index contributed by atoms with van der Waals surface area (Å²) in [4.78, 5) is 15.2. The van der Waals surface area contributed by atoms with Crippen LogP contribution in [0.5, 0.6) is 0 Å². The molecule has 0 saturated carbocycles. The summed E-state index contributed by atoms with van der Waals surface area (Å²) >= 11 is 5.82. The maximum absolute atomic E-state index is 13.4. The Bertz CT molecular complexity index is 826. The Hall–Kier alpha value is -2.20. The highest BCUT2D eigenvalue weighted by Crippen LogP contribution is 2.26. The second-order valence-electron chi connectivity index (χ2n) is 4.32. The number of rotatable bonds is 2. The number of nitrogens with one attached hydrogen (secondary N) is 1. The molecule has 100 valence electrons. The highest BCUT2D eigenvalue weighted by molar-refractivity contribution is 6.35. The van der Waals surface area contributed by atoms with Gasteiger partial charge in [0.05, 0.1) is 5.02 Å². The number of hydrogen-bond acceptors (Lipinski definition) is 1. The third-order valence-electron chi connectivity index (χ3n) is 3.08. The zero-order valence-corrected chi connectivity index (χ0v) is 10.8. The molecular formula is C15H8ClF2NO. The molecule has 0 unspecified atom stereocenters. The fraction of sp³-hybridized carbons (Fsp3) is 0. The van der Waals surface area contributed by atoms with Crippen LogP contribution in [0.3, 0.4) is 0 Å². The predicted octanol–water partition coefficient (Wildman–Crippen LogP) is 4.33. The fourth-order valence-corrected chi connectivity index (χ4v) is 2.32. The summed E-state index contributed by atoms with van der Waals surface area (Å²) in [6, 6.07) is 8.11. The van der Waals surface area contributed by atoms with Crippen molar-refractivity contribution in [2.24, 2.45) is 0 Å². The molecule has 2 aromatic carbocycles. The predicted molar refractivity (Wildman–Crippen MR) is 73.1 cm³/mol. The van der Waals surface area contributed by atoms with E-state index in [4.69, 9.17) is 11.6 Å². The van der Waals surface area contributed by atoms with Gasteiger partial charge in [0.2, 0.25) is 0 Å². The van der Waals surface area contributed by atoms with Gasteiger partial charge in [0.1, 0.15) is 11.6 Å². The average molecular weight is 292 g/mol. The lowest BCUT2D eigenvalue weighted by molar-refractivity contribution is 0.104. The average Bonchev–Trinajstić information content (AvgIpc) is 2.84. The van der Waals surface area contributed by atoms with Crippen molar-refractivity contribution in [2.75, 3.05) is 0 Å². The van der Waals surface area contributed by atoms with Gasteiger partial charge in [-0.15, -0.1) is 0 Å². The molecule has 1 N–H and O–H groups in total. The van der Waals surface area contributed by atoms with Gasteiger partial charge in [0.25, 0.3) is 0 Å². The Kier molecular flexibility index (Phi) is 3.03. The second-order valence-corrected chi connectivity index (χ2v) is 4.70.